The van der Waals surface area contributed by atoms with Gasteiger partial charge < -0.3 is 5.32 Å². The van der Waals surface area contributed by atoms with Crippen LogP contribution in [0.15, 0.2) is 30.3 Å². The zero-order valence-electron chi connectivity index (χ0n) is 14.2. The largest absolute Gasteiger partial charge is 0.352 e. The van der Waals surface area contributed by atoms with Crippen molar-refractivity contribution in [1.82, 2.24) is 15.1 Å². The molecule has 1 aromatic heterocycles. The normalized spacial score (nSPS) is 12.0. The van der Waals surface area contributed by atoms with E-state index >= 15 is 0 Å². The molecule has 0 saturated heterocycles. The van der Waals surface area contributed by atoms with E-state index in [-0.39, 0.29) is 24.2 Å². The van der Waals surface area contributed by atoms with Gasteiger partial charge >= 0.3 is 5.69 Å². The molecule has 0 radical (unpaired) electrons. The molecule has 24 heavy (non-hydrogen) atoms. The predicted octanol–water partition coefficient (Wildman–Crippen LogP) is 2.55. The summed E-state index contributed by atoms with van der Waals surface area (Å²) in [4.78, 5) is 22.7. The van der Waals surface area contributed by atoms with Crippen molar-refractivity contribution in [3.8, 4) is 0 Å². The molecule has 2 aromatic rings. The molecule has 7 nitrogen and oxygen atoms in total. The molecule has 1 aromatic carbocycles. The van der Waals surface area contributed by atoms with E-state index in [2.05, 4.69) is 22.5 Å². The molecule has 1 atom stereocenters. The van der Waals surface area contributed by atoms with Gasteiger partial charge in [0.1, 0.15) is 17.9 Å². The van der Waals surface area contributed by atoms with Gasteiger partial charge in [-0.15, -0.1) is 0 Å². The molecular formula is C17H22N4O3. The van der Waals surface area contributed by atoms with Crippen molar-refractivity contribution in [2.75, 3.05) is 0 Å². The first kappa shape index (κ1) is 17.7. The Balaban J connectivity index is 1.89. The Kier molecular flexibility index (Phi) is 5.68. The molecular weight excluding hydrogens is 308 g/mol. The average molecular weight is 330 g/mol. The molecule has 2 rings (SSSR count). The van der Waals surface area contributed by atoms with E-state index in [1.165, 1.54) is 10.2 Å². The first-order valence-corrected chi connectivity index (χ1v) is 7.90. The molecule has 1 unspecified atom stereocenters. The summed E-state index contributed by atoms with van der Waals surface area (Å²) in [5, 5.41) is 18.0. The summed E-state index contributed by atoms with van der Waals surface area (Å²) in [6.45, 7) is 5.10. The van der Waals surface area contributed by atoms with Crippen LogP contribution in [0.5, 0.6) is 0 Å². The van der Waals surface area contributed by atoms with E-state index in [1.807, 2.05) is 25.1 Å². The van der Waals surface area contributed by atoms with Gasteiger partial charge in [-0.05, 0) is 39.2 Å². The summed E-state index contributed by atoms with van der Waals surface area (Å²) >= 11 is 0. The van der Waals surface area contributed by atoms with Crippen molar-refractivity contribution in [2.45, 2.75) is 46.2 Å². The maximum absolute atomic E-state index is 12.1. The highest BCUT2D eigenvalue weighted by Crippen LogP contribution is 2.21. The Bertz CT molecular complexity index is 725. The van der Waals surface area contributed by atoms with Gasteiger partial charge in [0.2, 0.25) is 5.91 Å². The lowest BCUT2D eigenvalue weighted by Crippen LogP contribution is -2.35. The fraction of sp³-hybridized carbons (Fsp3) is 0.412. The Morgan fingerprint density at radius 1 is 1.33 bits per heavy atom. The van der Waals surface area contributed by atoms with Crippen LogP contribution in [0.3, 0.4) is 0 Å². The topological polar surface area (TPSA) is 90.1 Å². The molecule has 0 aliphatic carbocycles. The number of nitro groups is 1. The van der Waals surface area contributed by atoms with E-state index in [9.17, 15) is 14.9 Å². The van der Waals surface area contributed by atoms with Crippen molar-refractivity contribution >= 4 is 11.6 Å². The zero-order valence-corrected chi connectivity index (χ0v) is 14.2. The van der Waals surface area contributed by atoms with Crippen LogP contribution in [0.2, 0.25) is 0 Å². The number of amides is 1. The Labute approximate surface area is 140 Å². The quantitative estimate of drug-likeness (QED) is 0.624. The third-order valence-electron chi connectivity index (χ3n) is 3.94. The third kappa shape index (κ3) is 4.41. The van der Waals surface area contributed by atoms with Crippen LogP contribution in [0.25, 0.3) is 0 Å². The highest BCUT2D eigenvalue weighted by molar-refractivity contribution is 5.76. The van der Waals surface area contributed by atoms with E-state index in [4.69, 9.17) is 0 Å². The number of benzene rings is 1. The van der Waals surface area contributed by atoms with Crippen LogP contribution in [0.4, 0.5) is 5.69 Å². The summed E-state index contributed by atoms with van der Waals surface area (Å²) in [6, 6.07) is 10.1. The standard InChI is InChI=1S/C17H22N4O3/c1-12(9-10-15-7-5-4-6-8-15)18-16(22)11-20-14(3)17(21(23)24)13(2)19-20/h4-8,12H,9-11H2,1-3H3,(H,18,22). The van der Waals surface area contributed by atoms with Crippen LogP contribution in [-0.2, 0) is 17.8 Å². The third-order valence-corrected chi connectivity index (χ3v) is 3.94. The maximum atomic E-state index is 12.1. The molecule has 128 valence electrons. The maximum Gasteiger partial charge on any atom is 0.312 e. The monoisotopic (exact) mass is 330 g/mol. The van der Waals surface area contributed by atoms with Gasteiger partial charge in [-0.3, -0.25) is 19.6 Å². The Hall–Kier alpha value is -2.70. The summed E-state index contributed by atoms with van der Waals surface area (Å²) < 4.78 is 1.38. The fourth-order valence-corrected chi connectivity index (χ4v) is 2.66. The lowest BCUT2D eigenvalue weighted by Gasteiger charge is -2.14. The molecule has 0 fully saturated rings. The number of aromatic nitrogens is 2. The Morgan fingerprint density at radius 3 is 2.58 bits per heavy atom. The van der Waals surface area contributed by atoms with E-state index < -0.39 is 4.92 Å². The van der Waals surface area contributed by atoms with Crippen molar-refractivity contribution in [3.05, 3.63) is 57.4 Å². The number of hydrogen-bond donors (Lipinski definition) is 1. The number of carbonyl (C=O) groups is 1. The average Bonchev–Trinajstić information content (AvgIpc) is 2.80. The van der Waals surface area contributed by atoms with E-state index in [1.54, 1.807) is 13.8 Å². The molecule has 0 aliphatic heterocycles. The van der Waals surface area contributed by atoms with Gasteiger partial charge in [0.15, 0.2) is 0 Å². The second-order valence-corrected chi connectivity index (χ2v) is 5.93. The highest BCUT2D eigenvalue weighted by Gasteiger charge is 2.22. The van der Waals surface area contributed by atoms with Crippen molar-refractivity contribution in [2.24, 2.45) is 0 Å². The van der Waals surface area contributed by atoms with Gasteiger partial charge in [0, 0.05) is 6.04 Å². The molecule has 1 N–H and O–H groups in total. The number of nitrogens with zero attached hydrogens (tertiary/aromatic N) is 3. The second-order valence-electron chi connectivity index (χ2n) is 5.93. The van der Waals surface area contributed by atoms with Crippen molar-refractivity contribution in [1.29, 1.82) is 0 Å². The summed E-state index contributed by atoms with van der Waals surface area (Å²) in [5.41, 5.74) is 1.92. The summed E-state index contributed by atoms with van der Waals surface area (Å²) in [6.07, 6.45) is 1.71. The number of nitrogens with one attached hydrogen (secondary N) is 1. The second kappa shape index (κ2) is 7.72. The number of aryl methyl sites for hydroxylation is 2. The van der Waals surface area contributed by atoms with Gasteiger partial charge in [0.05, 0.1) is 4.92 Å². The van der Waals surface area contributed by atoms with Gasteiger partial charge in [-0.25, -0.2) is 0 Å². The Morgan fingerprint density at radius 2 is 2.00 bits per heavy atom. The first-order chi connectivity index (χ1) is 11.4. The highest BCUT2D eigenvalue weighted by atomic mass is 16.6. The lowest BCUT2D eigenvalue weighted by molar-refractivity contribution is -0.386. The smallest absolute Gasteiger partial charge is 0.312 e. The van der Waals surface area contributed by atoms with Crippen LogP contribution < -0.4 is 5.32 Å². The predicted molar refractivity (Wildman–Crippen MR) is 90.7 cm³/mol. The van der Waals surface area contributed by atoms with E-state index in [0.29, 0.717) is 11.4 Å². The minimum atomic E-state index is -0.464. The van der Waals surface area contributed by atoms with Gasteiger partial charge in [-0.1, -0.05) is 30.3 Å². The molecule has 0 spiro atoms. The van der Waals surface area contributed by atoms with Gasteiger partial charge in [-0.2, -0.15) is 5.10 Å². The van der Waals surface area contributed by atoms with Crippen LogP contribution >= 0.6 is 0 Å². The number of carbonyl (C=O) groups excluding carboxylic acids is 1. The van der Waals surface area contributed by atoms with Crippen LogP contribution in [0, 0.1) is 24.0 Å². The zero-order chi connectivity index (χ0) is 17.7. The molecule has 7 heteroatoms. The SMILES string of the molecule is Cc1nn(CC(=O)NC(C)CCc2ccccc2)c(C)c1[N+](=O)[O-]. The fourth-order valence-electron chi connectivity index (χ4n) is 2.66. The van der Waals surface area contributed by atoms with Crippen molar-refractivity contribution < 1.29 is 9.72 Å². The van der Waals surface area contributed by atoms with Crippen molar-refractivity contribution in [3.63, 3.8) is 0 Å². The van der Waals surface area contributed by atoms with Gasteiger partial charge in [0.25, 0.3) is 0 Å². The lowest BCUT2D eigenvalue weighted by atomic mass is 10.1. The molecule has 0 bridgehead atoms. The number of hydrogen-bond acceptors (Lipinski definition) is 4. The first-order valence-electron chi connectivity index (χ1n) is 7.90. The minimum Gasteiger partial charge on any atom is -0.352 e. The molecule has 1 amide bonds. The molecule has 1 heterocycles. The number of rotatable bonds is 7. The molecule has 0 aliphatic rings. The summed E-state index contributed by atoms with van der Waals surface area (Å²) in [7, 11) is 0. The van der Waals surface area contributed by atoms with Crippen LogP contribution in [-0.4, -0.2) is 26.7 Å². The summed E-state index contributed by atoms with van der Waals surface area (Å²) in [5.74, 6) is -0.198. The molecule has 0 saturated carbocycles. The minimum absolute atomic E-state index is 0.0177. The van der Waals surface area contributed by atoms with Crippen LogP contribution in [0.1, 0.15) is 30.3 Å². The van der Waals surface area contributed by atoms with E-state index in [0.717, 1.165) is 12.8 Å².